The van der Waals surface area contributed by atoms with Crippen molar-refractivity contribution in [1.29, 1.82) is 0 Å². The molecule has 1 saturated carbocycles. The van der Waals surface area contributed by atoms with Crippen LogP contribution in [0.4, 0.5) is 0 Å². The van der Waals surface area contributed by atoms with Crippen LogP contribution in [-0.2, 0) is 13.5 Å². The zero-order chi connectivity index (χ0) is 19.7. The molecule has 0 bridgehead atoms. The third-order valence-electron chi connectivity index (χ3n) is 5.56. The average Bonchev–Trinajstić information content (AvgIpc) is 3.27. The summed E-state index contributed by atoms with van der Waals surface area (Å²) in [6.07, 6.45) is 7.30. The van der Waals surface area contributed by atoms with Gasteiger partial charge in [-0.3, -0.25) is 9.48 Å². The molecule has 0 spiro atoms. The Bertz CT molecular complexity index is 1000. The fourth-order valence-electron chi connectivity index (χ4n) is 4.15. The van der Waals surface area contributed by atoms with Gasteiger partial charge in [0.05, 0.1) is 27.3 Å². The molecule has 0 saturated heterocycles. The van der Waals surface area contributed by atoms with Crippen molar-refractivity contribution in [2.24, 2.45) is 7.05 Å². The number of rotatable bonds is 5. The molecule has 1 amide bonds. The van der Waals surface area contributed by atoms with Crippen LogP contribution in [-0.4, -0.2) is 32.2 Å². The number of hydrogen-bond donors (Lipinski definition) is 1. The van der Waals surface area contributed by atoms with Crippen LogP contribution in [0.25, 0.3) is 11.0 Å². The topological polar surface area (TPSA) is 72.7 Å². The van der Waals surface area contributed by atoms with E-state index in [1.54, 1.807) is 16.0 Å². The number of amides is 1. The van der Waals surface area contributed by atoms with Gasteiger partial charge in [-0.2, -0.15) is 5.10 Å². The van der Waals surface area contributed by atoms with Gasteiger partial charge in [-0.15, -0.1) is 11.3 Å². The predicted molar refractivity (Wildman–Crippen MR) is 112 cm³/mol. The molecule has 28 heavy (non-hydrogen) atoms. The molecule has 3 aromatic rings. The fraction of sp³-hybridized carbons (Fsp3) is 0.524. The maximum Gasteiger partial charge on any atom is 0.252 e. The molecule has 7 heteroatoms. The van der Waals surface area contributed by atoms with Crippen LogP contribution in [0, 0.1) is 13.8 Å². The molecule has 148 valence electrons. The molecule has 1 fully saturated rings. The van der Waals surface area contributed by atoms with Crippen LogP contribution in [0.5, 0.6) is 0 Å². The second kappa shape index (κ2) is 7.99. The standard InChI is InChI=1S/C21H27N5OS/c1-13-11-16(19-14(2)25-26(3)20(19)23-13)21(27)22-10-9-18-24-17(12-28-18)15-7-5-4-6-8-15/h11-12,15H,4-10H2,1-3H3,(H,22,27). The maximum absolute atomic E-state index is 12.8. The molecule has 6 nitrogen and oxygen atoms in total. The zero-order valence-corrected chi connectivity index (χ0v) is 17.6. The van der Waals surface area contributed by atoms with E-state index in [0.29, 0.717) is 18.0 Å². The first-order valence-corrected chi connectivity index (χ1v) is 10.9. The SMILES string of the molecule is Cc1cc(C(=O)NCCc2nc(C3CCCCC3)cs2)c2c(C)nn(C)c2n1. The minimum absolute atomic E-state index is 0.0735. The summed E-state index contributed by atoms with van der Waals surface area (Å²) in [5.41, 5.74) is 4.29. The van der Waals surface area contributed by atoms with Crippen molar-refractivity contribution < 1.29 is 4.79 Å². The van der Waals surface area contributed by atoms with Gasteiger partial charge in [-0.1, -0.05) is 19.3 Å². The van der Waals surface area contributed by atoms with Gasteiger partial charge in [0.2, 0.25) is 0 Å². The molecule has 0 aliphatic heterocycles. The number of thiazole rings is 1. The lowest BCUT2D eigenvalue weighted by Crippen LogP contribution is -2.26. The van der Waals surface area contributed by atoms with E-state index in [4.69, 9.17) is 4.98 Å². The van der Waals surface area contributed by atoms with Crippen molar-refractivity contribution in [2.45, 2.75) is 58.3 Å². The van der Waals surface area contributed by atoms with Gasteiger partial charge in [-0.25, -0.2) is 9.97 Å². The van der Waals surface area contributed by atoms with Crippen molar-refractivity contribution in [2.75, 3.05) is 6.54 Å². The van der Waals surface area contributed by atoms with E-state index in [9.17, 15) is 4.79 Å². The van der Waals surface area contributed by atoms with Crippen molar-refractivity contribution in [1.82, 2.24) is 25.1 Å². The second-order valence-electron chi connectivity index (χ2n) is 7.73. The zero-order valence-electron chi connectivity index (χ0n) is 16.8. The number of carbonyl (C=O) groups is 1. The normalized spacial score (nSPS) is 15.2. The van der Waals surface area contributed by atoms with Gasteiger partial charge in [-0.05, 0) is 32.8 Å². The van der Waals surface area contributed by atoms with Crippen LogP contribution in [0.1, 0.15) is 70.5 Å². The highest BCUT2D eigenvalue weighted by Crippen LogP contribution is 2.33. The first-order valence-electron chi connectivity index (χ1n) is 10.1. The number of nitrogens with zero attached hydrogens (tertiary/aromatic N) is 4. The Morgan fingerprint density at radius 1 is 1.25 bits per heavy atom. The fourth-order valence-corrected chi connectivity index (χ4v) is 5.03. The number of nitrogens with one attached hydrogen (secondary N) is 1. The van der Waals surface area contributed by atoms with E-state index in [1.165, 1.54) is 37.8 Å². The summed E-state index contributed by atoms with van der Waals surface area (Å²) in [5, 5.41) is 11.6. The van der Waals surface area contributed by atoms with Crippen LogP contribution in [0.15, 0.2) is 11.4 Å². The van der Waals surface area contributed by atoms with Gasteiger partial charge >= 0.3 is 0 Å². The first kappa shape index (κ1) is 19.1. The lowest BCUT2D eigenvalue weighted by molar-refractivity contribution is 0.0955. The number of aryl methyl sites for hydroxylation is 3. The largest absolute Gasteiger partial charge is 0.352 e. The first-order chi connectivity index (χ1) is 13.5. The summed E-state index contributed by atoms with van der Waals surface area (Å²) in [7, 11) is 1.86. The molecule has 0 unspecified atom stereocenters. The molecule has 1 aliphatic carbocycles. The second-order valence-corrected chi connectivity index (χ2v) is 8.67. The van der Waals surface area contributed by atoms with Gasteiger partial charge in [0.25, 0.3) is 5.91 Å². The smallest absolute Gasteiger partial charge is 0.252 e. The molecule has 1 N–H and O–H groups in total. The predicted octanol–water partition coefficient (Wildman–Crippen LogP) is 4.06. The summed E-state index contributed by atoms with van der Waals surface area (Å²) >= 11 is 1.72. The van der Waals surface area contributed by atoms with Gasteiger partial charge in [0.1, 0.15) is 0 Å². The molecule has 0 aromatic carbocycles. The summed E-state index contributed by atoms with van der Waals surface area (Å²) in [6.45, 7) is 4.40. The Balaban J connectivity index is 1.41. The van der Waals surface area contributed by atoms with Gasteiger partial charge in [0.15, 0.2) is 5.65 Å². The molecular weight excluding hydrogens is 370 g/mol. The third kappa shape index (κ3) is 3.81. The highest BCUT2D eigenvalue weighted by atomic mass is 32.1. The summed E-state index contributed by atoms with van der Waals surface area (Å²) in [4.78, 5) is 22.2. The molecule has 4 rings (SSSR count). The summed E-state index contributed by atoms with van der Waals surface area (Å²) in [6, 6.07) is 1.84. The number of aromatic nitrogens is 4. The van der Waals surface area contributed by atoms with Gasteiger partial charge in [0, 0.05) is 37.0 Å². The van der Waals surface area contributed by atoms with Crippen LogP contribution >= 0.6 is 11.3 Å². The Morgan fingerprint density at radius 2 is 2.04 bits per heavy atom. The van der Waals surface area contributed by atoms with E-state index in [-0.39, 0.29) is 5.91 Å². The molecule has 3 heterocycles. The van der Waals surface area contributed by atoms with Crippen molar-refractivity contribution in [3.63, 3.8) is 0 Å². The Labute approximate surface area is 169 Å². The van der Waals surface area contributed by atoms with Crippen LogP contribution in [0.3, 0.4) is 0 Å². The minimum Gasteiger partial charge on any atom is -0.352 e. The number of pyridine rings is 1. The third-order valence-corrected chi connectivity index (χ3v) is 6.49. The summed E-state index contributed by atoms with van der Waals surface area (Å²) < 4.78 is 1.73. The Morgan fingerprint density at radius 3 is 2.82 bits per heavy atom. The molecule has 3 aromatic heterocycles. The molecule has 0 radical (unpaired) electrons. The average molecular weight is 398 g/mol. The summed E-state index contributed by atoms with van der Waals surface area (Å²) in [5.74, 6) is 0.561. The van der Waals surface area contributed by atoms with E-state index in [0.717, 1.165) is 33.8 Å². The lowest BCUT2D eigenvalue weighted by Gasteiger charge is -2.19. The molecule has 0 atom stereocenters. The lowest BCUT2D eigenvalue weighted by atomic mass is 9.87. The quantitative estimate of drug-likeness (QED) is 0.705. The Hall–Kier alpha value is -2.28. The number of carbonyl (C=O) groups excluding carboxylic acids is 1. The monoisotopic (exact) mass is 397 g/mol. The maximum atomic E-state index is 12.8. The highest BCUT2D eigenvalue weighted by Gasteiger charge is 2.19. The van der Waals surface area contributed by atoms with E-state index < -0.39 is 0 Å². The van der Waals surface area contributed by atoms with E-state index in [2.05, 4.69) is 20.8 Å². The van der Waals surface area contributed by atoms with E-state index >= 15 is 0 Å². The highest BCUT2D eigenvalue weighted by molar-refractivity contribution is 7.09. The van der Waals surface area contributed by atoms with E-state index in [1.807, 2.05) is 27.0 Å². The molecular formula is C21H27N5OS. The van der Waals surface area contributed by atoms with Crippen LogP contribution in [0.2, 0.25) is 0 Å². The number of hydrogen-bond acceptors (Lipinski definition) is 5. The van der Waals surface area contributed by atoms with Crippen molar-refractivity contribution >= 4 is 28.3 Å². The van der Waals surface area contributed by atoms with Gasteiger partial charge < -0.3 is 5.32 Å². The minimum atomic E-state index is -0.0735. The number of fused-ring (bicyclic) bond motifs is 1. The Kier molecular flexibility index (Phi) is 5.44. The van der Waals surface area contributed by atoms with Crippen LogP contribution < -0.4 is 5.32 Å². The van der Waals surface area contributed by atoms with Crippen molar-refractivity contribution in [3.05, 3.63) is 39.1 Å². The molecule has 1 aliphatic rings. The van der Waals surface area contributed by atoms with Crippen molar-refractivity contribution in [3.8, 4) is 0 Å².